The monoisotopic (exact) mass is 306 g/mol. The molecule has 1 atom stereocenters. The third-order valence-electron chi connectivity index (χ3n) is 3.80. The molecule has 0 spiro atoms. The lowest BCUT2D eigenvalue weighted by Gasteiger charge is -2.42. The van der Waals surface area contributed by atoms with Crippen LogP contribution < -0.4 is 5.73 Å². The zero-order chi connectivity index (χ0) is 13.3. The first-order valence-electron chi connectivity index (χ1n) is 6.30. The van der Waals surface area contributed by atoms with Crippen LogP contribution in [0.4, 0.5) is 4.39 Å². The quantitative estimate of drug-likeness (QED) is 0.906. The molecule has 0 aliphatic carbocycles. The molecular weight excluding hydrogens is 286 g/mol. The fourth-order valence-corrected chi connectivity index (χ4v) is 2.67. The van der Waals surface area contributed by atoms with Gasteiger partial charge in [-0.05, 0) is 24.0 Å². The van der Waals surface area contributed by atoms with Gasteiger partial charge in [0, 0.05) is 36.3 Å². The van der Waals surface area contributed by atoms with Crippen LogP contribution in [0.2, 0.25) is 5.02 Å². The number of halogens is 3. The molecule has 1 aromatic carbocycles. The number of nitrogens with two attached hydrogens (primary N) is 1. The van der Waals surface area contributed by atoms with Gasteiger partial charge in [0.2, 0.25) is 0 Å². The lowest BCUT2D eigenvalue weighted by molar-refractivity contribution is 0.0890. The van der Waals surface area contributed by atoms with Crippen molar-refractivity contribution in [3.05, 3.63) is 34.6 Å². The van der Waals surface area contributed by atoms with Gasteiger partial charge in [-0.2, -0.15) is 0 Å². The van der Waals surface area contributed by atoms with E-state index in [1.807, 2.05) is 0 Å². The fourth-order valence-electron chi connectivity index (χ4n) is 2.51. The van der Waals surface area contributed by atoms with E-state index in [1.165, 1.54) is 6.07 Å². The molecule has 2 N–H and O–H groups in total. The summed E-state index contributed by atoms with van der Waals surface area (Å²) in [6.07, 6.45) is 0.961. The van der Waals surface area contributed by atoms with Gasteiger partial charge in [0.1, 0.15) is 5.82 Å². The lowest BCUT2D eigenvalue weighted by atomic mass is 9.79. The van der Waals surface area contributed by atoms with Crippen molar-refractivity contribution < 1.29 is 4.39 Å². The van der Waals surface area contributed by atoms with E-state index in [-0.39, 0.29) is 29.7 Å². The van der Waals surface area contributed by atoms with Gasteiger partial charge in [-0.1, -0.05) is 31.5 Å². The van der Waals surface area contributed by atoms with Crippen molar-refractivity contribution >= 4 is 24.0 Å². The van der Waals surface area contributed by atoms with Gasteiger partial charge in [-0.15, -0.1) is 12.4 Å². The summed E-state index contributed by atoms with van der Waals surface area (Å²) in [5.74, 6) is -0.227. The summed E-state index contributed by atoms with van der Waals surface area (Å²) in [5, 5.41) is 0.442. The van der Waals surface area contributed by atoms with Crippen LogP contribution in [0.1, 0.15) is 25.8 Å². The minimum absolute atomic E-state index is 0. The Kier molecular flexibility index (Phi) is 5.63. The highest BCUT2D eigenvalue weighted by Crippen LogP contribution is 2.29. The fraction of sp³-hybridized carbons (Fsp3) is 0.571. The van der Waals surface area contributed by atoms with Gasteiger partial charge < -0.3 is 5.73 Å². The van der Waals surface area contributed by atoms with E-state index in [0.29, 0.717) is 17.1 Å². The van der Waals surface area contributed by atoms with Gasteiger partial charge in [-0.3, -0.25) is 4.90 Å². The Morgan fingerprint density at radius 2 is 2.16 bits per heavy atom. The van der Waals surface area contributed by atoms with Crippen LogP contribution in [0.3, 0.4) is 0 Å². The molecule has 1 aliphatic heterocycles. The van der Waals surface area contributed by atoms with Gasteiger partial charge in [-0.25, -0.2) is 4.39 Å². The molecule has 19 heavy (non-hydrogen) atoms. The van der Waals surface area contributed by atoms with Gasteiger partial charge in [0.05, 0.1) is 0 Å². The Bertz CT molecular complexity index is 437. The summed E-state index contributed by atoms with van der Waals surface area (Å²) < 4.78 is 13.7. The van der Waals surface area contributed by atoms with Crippen LogP contribution in [0.15, 0.2) is 18.2 Å². The largest absolute Gasteiger partial charge is 0.327 e. The number of nitrogens with zero attached hydrogens (tertiary/aromatic N) is 1. The zero-order valence-electron chi connectivity index (χ0n) is 11.3. The molecule has 1 aliphatic rings. The molecule has 1 unspecified atom stereocenters. The summed E-state index contributed by atoms with van der Waals surface area (Å²) in [5.41, 5.74) is 6.88. The Labute approximate surface area is 125 Å². The summed E-state index contributed by atoms with van der Waals surface area (Å²) >= 11 is 5.75. The highest BCUT2D eigenvalue weighted by molar-refractivity contribution is 6.30. The van der Waals surface area contributed by atoms with Crippen molar-refractivity contribution in [2.75, 3.05) is 13.1 Å². The van der Waals surface area contributed by atoms with E-state index in [0.717, 1.165) is 19.5 Å². The standard InChI is InChI=1S/C14H20ClFN2.ClH/c1-14(2)9-18(6-5-13(14)17)8-10-3-4-11(15)7-12(10)16;/h3-4,7,13H,5-6,8-9,17H2,1-2H3;1H. The maximum absolute atomic E-state index is 13.7. The maximum atomic E-state index is 13.7. The van der Waals surface area contributed by atoms with Crippen LogP contribution in [0, 0.1) is 11.2 Å². The molecule has 1 saturated heterocycles. The Balaban J connectivity index is 0.00000180. The van der Waals surface area contributed by atoms with Crippen molar-refractivity contribution in [2.45, 2.75) is 32.9 Å². The van der Waals surface area contributed by atoms with E-state index in [1.54, 1.807) is 12.1 Å². The molecule has 0 aromatic heterocycles. The molecule has 0 amide bonds. The molecule has 0 saturated carbocycles. The van der Waals surface area contributed by atoms with Gasteiger partial charge >= 0.3 is 0 Å². The first-order chi connectivity index (χ1) is 8.38. The Hall–Kier alpha value is -0.350. The summed E-state index contributed by atoms with van der Waals surface area (Å²) in [7, 11) is 0. The van der Waals surface area contributed by atoms with Crippen LogP contribution >= 0.6 is 24.0 Å². The number of rotatable bonds is 2. The Morgan fingerprint density at radius 1 is 1.47 bits per heavy atom. The van der Waals surface area contributed by atoms with E-state index >= 15 is 0 Å². The average molecular weight is 307 g/mol. The van der Waals surface area contributed by atoms with E-state index in [2.05, 4.69) is 18.7 Å². The van der Waals surface area contributed by atoms with Crippen LogP contribution in [-0.4, -0.2) is 24.0 Å². The van der Waals surface area contributed by atoms with Crippen molar-refractivity contribution in [3.63, 3.8) is 0 Å². The average Bonchev–Trinajstić information content (AvgIpc) is 2.27. The number of hydrogen-bond donors (Lipinski definition) is 1. The molecular formula is C14H21Cl2FN2. The first kappa shape index (κ1) is 16.7. The van der Waals surface area contributed by atoms with Crippen molar-refractivity contribution in [1.82, 2.24) is 4.90 Å². The third kappa shape index (κ3) is 4.06. The number of likely N-dealkylation sites (tertiary alicyclic amines) is 1. The molecule has 108 valence electrons. The summed E-state index contributed by atoms with van der Waals surface area (Å²) in [4.78, 5) is 2.26. The zero-order valence-corrected chi connectivity index (χ0v) is 12.9. The highest BCUT2D eigenvalue weighted by atomic mass is 35.5. The molecule has 1 aromatic rings. The number of hydrogen-bond acceptors (Lipinski definition) is 2. The highest BCUT2D eigenvalue weighted by Gasteiger charge is 2.33. The molecule has 5 heteroatoms. The van der Waals surface area contributed by atoms with E-state index in [9.17, 15) is 4.39 Å². The molecule has 0 radical (unpaired) electrons. The molecule has 2 rings (SSSR count). The third-order valence-corrected chi connectivity index (χ3v) is 4.04. The second-order valence-electron chi connectivity index (χ2n) is 5.83. The van der Waals surface area contributed by atoms with E-state index in [4.69, 9.17) is 17.3 Å². The smallest absolute Gasteiger partial charge is 0.129 e. The SMILES string of the molecule is CC1(C)CN(Cc2ccc(Cl)cc2F)CCC1N.Cl. The van der Waals surface area contributed by atoms with Crippen molar-refractivity contribution in [1.29, 1.82) is 0 Å². The molecule has 1 fully saturated rings. The predicted molar refractivity (Wildman–Crippen MR) is 80.3 cm³/mol. The minimum atomic E-state index is -0.227. The predicted octanol–water partition coefficient (Wildman–Crippen LogP) is 3.46. The maximum Gasteiger partial charge on any atom is 0.129 e. The molecule has 0 bridgehead atoms. The van der Waals surface area contributed by atoms with Crippen LogP contribution in [0.25, 0.3) is 0 Å². The molecule has 1 heterocycles. The van der Waals surface area contributed by atoms with Gasteiger partial charge in [0.15, 0.2) is 0 Å². The normalized spacial score (nSPS) is 22.9. The minimum Gasteiger partial charge on any atom is -0.327 e. The van der Waals surface area contributed by atoms with Gasteiger partial charge in [0.25, 0.3) is 0 Å². The van der Waals surface area contributed by atoms with E-state index < -0.39 is 0 Å². The molecule has 2 nitrogen and oxygen atoms in total. The van der Waals surface area contributed by atoms with Crippen molar-refractivity contribution in [2.24, 2.45) is 11.1 Å². The summed E-state index contributed by atoms with van der Waals surface area (Å²) in [6.45, 7) is 6.78. The van der Waals surface area contributed by atoms with Crippen LogP contribution in [0.5, 0.6) is 0 Å². The van der Waals surface area contributed by atoms with Crippen LogP contribution in [-0.2, 0) is 6.54 Å². The second kappa shape index (κ2) is 6.40. The second-order valence-corrected chi connectivity index (χ2v) is 6.27. The van der Waals surface area contributed by atoms with Crippen molar-refractivity contribution in [3.8, 4) is 0 Å². The number of benzene rings is 1. The Morgan fingerprint density at radius 3 is 2.74 bits per heavy atom. The summed E-state index contributed by atoms with van der Waals surface area (Å²) in [6, 6.07) is 5.10. The topological polar surface area (TPSA) is 29.3 Å². The lowest BCUT2D eigenvalue weighted by Crippen LogP contribution is -2.52. The first-order valence-corrected chi connectivity index (χ1v) is 6.68. The number of piperidine rings is 1.